The van der Waals surface area contributed by atoms with E-state index in [1.807, 2.05) is 0 Å². The number of halogens is 1. The van der Waals surface area contributed by atoms with Crippen LogP contribution in [0.4, 0.5) is 5.69 Å². The third-order valence-electron chi connectivity index (χ3n) is 3.89. The van der Waals surface area contributed by atoms with Crippen molar-refractivity contribution >= 4 is 35.3 Å². The molecule has 2 aromatic rings. The van der Waals surface area contributed by atoms with E-state index in [9.17, 15) is 20.0 Å². The number of nitrogens with zero attached hydrogens (tertiary/aromatic N) is 2. The van der Waals surface area contributed by atoms with Crippen molar-refractivity contribution in [3.63, 3.8) is 0 Å². The van der Waals surface area contributed by atoms with E-state index >= 15 is 0 Å². The summed E-state index contributed by atoms with van der Waals surface area (Å²) >= 11 is 1.30. The Morgan fingerprint density at radius 3 is 2.72 bits per heavy atom. The quantitative estimate of drug-likeness (QED) is 0.530. The minimum atomic E-state index is -0.462. The number of hydrogen-bond acceptors (Lipinski definition) is 7. The number of aliphatic hydroxyl groups is 1. The van der Waals surface area contributed by atoms with Crippen LogP contribution in [0.2, 0.25) is 0 Å². The number of hydrogen-bond donors (Lipinski definition) is 3. The summed E-state index contributed by atoms with van der Waals surface area (Å²) in [5.74, 6) is -0.291. The molecule has 1 aliphatic rings. The van der Waals surface area contributed by atoms with Gasteiger partial charge in [0.1, 0.15) is 10.7 Å². The molecule has 134 valence electrons. The Balaban J connectivity index is 0.00000225. The molecule has 0 saturated carbocycles. The van der Waals surface area contributed by atoms with Crippen molar-refractivity contribution in [3.05, 3.63) is 45.5 Å². The monoisotopic (exact) mass is 384 g/mol. The summed E-state index contributed by atoms with van der Waals surface area (Å²) in [6.07, 6.45) is -0.448. The Hall–Kier alpha value is -2.07. The van der Waals surface area contributed by atoms with Gasteiger partial charge in [-0.15, -0.1) is 23.7 Å². The van der Waals surface area contributed by atoms with E-state index in [1.54, 1.807) is 17.5 Å². The number of benzene rings is 1. The van der Waals surface area contributed by atoms with Gasteiger partial charge < -0.3 is 15.7 Å². The minimum absolute atomic E-state index is 0. The van der Waals surface area contributed by atoms with Crippen LogP contribution in [-0.4, -0.2) is 46.7 Å². The molecule has 2 unspecified atom stereocenters. The molecule has 1 aliphatic heterocycles. The molecule has 1 saturated heterocycles. The zero-order valence-electron chi connectivity index (χ0n) is 13.0. The molecule has 2 atom stereocenters. The minimum Gasteiger partial charge on any atom is -0.391 e. The molecule has 0 aliphatic carbocycles. The summed E-state index contributed by atoms with van der Waals surface area (Å²) in [7, 11) is 0. The molecule has 1 fully saturated rings. The fourth-order valence-corrected chi connectivity index (χ4v) is 3.28. The number of rotatable bonds is 5. The average Bonchev–Trinajstić information content (AvgIpc) is 3.22. The van der Waals surface area contributed by atoms with Gasteiger partial charge in [-0.1, -0.05) is 0 Å². The SMILES string of the molecule is Cl.O=C(NCC1CNCC1O)c1csc(-c2ccc([N+](=O)[O-])cc2)n1. The number of carbonyl (C=O) groups is 1. The van der Waals surface area contributed by atoms with Crippen molar-refractivity contribution in [2.24, 2.45) is 5.92 Å². The average molecular weight is 385 g/mol. The van der Waals surface area contributed by atoms with Crippen molar-refractivity contribution in [3.8, 4) is 10.6 Å². The van der Waals surface area contributed by atoms with Gasteiger partial charge in [-0.2, -0.15) is 0 Å². The van der Waals surface area contributed by atoms with Gasteiger partial charge in [-0.25, -0.2) is 4.98 Å². The third-order valence-corrected chi connectivity index (χ3v) is 4.78. The van der Waals surface area contributed by atoms with Crippen LogP contribution in [0.25, 0.3) is 10.6 Å². The first-order chi connectivity index (χ1) is 11.5. The van der Waals surface area contributed by atoms with Gasteiger partial charge in [0.05, 0.1) is 11.0 Å². The molecule has 2 heterocycles. The highest BCUT2D eigenvalue weighted by Gasteiger charge is 2.25. The number of carbonyl (C=O) groups excluding carboxylic acids is 1. The highest BCUT2D eigenvalue weighted by atomic mass is 35.5. The number of aromatic nitrogens is 1. The lowest BCUT2D eigenvalue weighted by atomic mass is 10.1. The first-order valence-corrected chi connectivity index (χ1v) is 8.30. The van der Waals surface area contributed by atoms with Crippen LogP contribution >= 0.6 is 23.7 Å². The number of nitro benzene ring substituents is 1. The van der Waals surface area contributed by atoms with Crippen LogP contribution < -0.4 is 10.6 Å². The lowest BCUT2D eigenvalue weighted by molar-refractivity contribution is -0.384. The van der Waals surface area contributed by atoms with E-state index < -0.39 is 11.0 Å². The van der Waals surface area contributed by atoms with E-state index in [2.05, 4.69) is 15.6 Å². The smallest absolute Gasteiger partial charge is 0.270 e. The second-order valence-electron chi connectivity index (χ2n) is 5.54. The summed E-state index contributed by atoms with van der Waals surface area (Å²) in [6, 6.07) is 6.04. The molecule has 3 N–H and O–H groups in total. The maximum atomic E-state index is 12.1. The van der Waals surface area contributed by atoms with Crippen molar-refractivity contribution in [2.75, 3.05) is 19.6 Å². The standard InChI is InChI=1S/C15H16N4O4S.ClH/c20-13-7-16-5-10(13)6-17-14(21)12-8-24-15(18-12)9-1-3-11(4-2-9)19(22)23;/h1-4,8,10,13,16,20H,5-7H2,(H,17,21);1H. The first-order valence-electron chi connectivity index (χ1n) is 7.42. The van der Waals surface area contributed by atoms with Crippen molar-refractivity contribution < 1.29 is 14.8 Å². The van der Waals surface area contributed by atoms with Crippen LogP contribution in [0.5, 0.6) is 0 Å². The molecule has 1 amide bonds. The Kier molecular flexibility index (Phi) is 6.43. The topological polar surface area (TPSA) is 117 Å². The Bertz CT molecular complexity index is 752. The van der Waals surface area contributed by atoms with Gasteiger partial charge in [0.2, 0.25) is 0 Å². The van der Waals surface area contributed by atoms with E-state index in [1.165, 1.54) is 23.5 Å². The van der Waals surface area contributed by atoms with Crippen molar-refractivity contribution in [2.45, 2.75) is 6.10 Å². The fourth-order valence-electron chi connectivity index (χ4n) is 2.48. The zero-order valence-corrected chi connectivity index (χ0v) is 14.7. The van der Waals surface area contributed by atoms with Gasteiger partial charge in [-0.05, 0) is 12.1 Å². The molecular weight excluding hydrogens is 368 g/mol. The second-order valence-corrected chi connectivity index (χ2v) is 6.40. The number of aliphatic hydroxyl groups excluding tert-OH is 1. The maximum Gasteiger partial charge on any atom is 0.270 e. The number of β-amino-alcohol motifs (C(OH)–C–C–N with tert-alkyl or cyclic N) is 1. The van der Waals surface area contributed by atoms with Gasteiger partial charge in [0.25, 0.3) is 11.6 Å². The fraction of sp³-hybridized carbons (Fsp3) is 0.333. The Morgan fingerprint density at radius 2 is 2.12 bits per heavy atom. The van der Waals surface area contributed by atoms with Crippen molar-refractivity contribution in [1.29, 1.82) is 0 Å². The molecule has 0 radical (unpaired) electrons. The summed E-state index contributed by atoms with van der Waals surface area (Å²) in [6.45, 7) is 1.60. The van der Waals surface area contributed by atoms with E-state index in [-0.39, 0.29) is 29.9 Å². The highest BCUT2D eigenvalue weighted by Crippen LogP contribution is 2.25. The van der Waals surface area contributed by atoms with Gasteiger partial charge in [0.15, 0.2) is 0 Å². The number of thiazole rings is 1. The molecule has 8 nitrogen and oxygen atoms in total. The maximum absolute atomic E-state index is 12.1. The summed E-state index contributed by atoms with van der Waals surface area (Å²) in [4.78, 5) is 26.6. The largest absolute Gasteiger partial charge is 0.391 e. The number of non-ortho nitro benzene ring substituents is 1. The summed E-state index contributed by atoms with van der Waals surface area (Å²) < 4.78 is 0. The summed E-state index contributed by atoms with van der Waals surface area (Å²) in [5, 5.41) is 28.5. The van der Waals surface area contributed by atoms with E-state index in [4.69, 9.17) is 0 Å². The van der Waals surface area contributed by atoms with Crippen LogP contribution in [0, 0.1) is 16.0 Å². The molecule has 1 aromatic heterocycles. The normalized spacial score (nSPS) is 19.2. The predicted octanol–water partition coefficient (Wildman–Crippen LogP) is 1.45. The van der Waals surface area contributed by atoms with Gasteiger partial charge >= 0.3 is 0 Å². The number of nitro groups is 1. The lowest BCUT2D eigenvalue weighted by Crippen LogP contribution is -2.34. The molecule has 3 rings (SSSR count). The molecule has 1 aromatic carbocycles. The van der Waals surface area contributed by atoms with Crippen LogP contribution in [-0.2, 0) is 0 Å². The Labute approximate surface area is 153 Å². The molecule has 10 heteroatoms. The molecule has 25 heavy (non-hydrogen) atoms. The van der Waals surface area contributed by atoms with E-state index in [0.717, 1.165) is 5.56 Å². The van der Waals surface area contributed by atoms with Gasteiger partial charge in [-0.3, -0.25) is 14.9 Å². The molecule has 0 bridgehead atoms. The zero-order chi connectivity index (χ0) is 17.1. The number of nitrogens with one attached hydrogen (secondary N) is 2. The lowest BCUT2D eigenvalue weighted by Gasteiger charge is -2.13. The first kappa shape index (κ1) is 19.3. The summed E-state index contributed by atoms with van der Waals surface area (Å²) in [5.41, 5.74) is 1.03. The molecule has 0 spiro atoms. The highest BCUT2D eigenvalue weighted by molar-refractivity contribution is 7.13. The second kappa shape index (κ2) is 8.34. The Morgan fingerprint density at radius 1 is 1.40 bits per heavy atom. The van der Waals surface area contributed by atoms with Crippen LogP contribution in [0.1, 0.15) is 10.5 Å². The van der Waals surface area contributed by atoms with Crippen LogP contribution in [0.15, 0.2) is 29.6 Å². The molecular formula is C15H17ClN4O4S. The van der Waals surface area contributed by atoms with E-state index in [0.29, 0.717) is 30.3 Å². The third kappa shape index (κ3) is 4.51. The van der Waals surface area contributed by atoms with Crippen molar-refractivity contribution in [1.82, 2.24) is 15.6 Å². The van der Waals surface area contributed by atoms with Crippen LogP contribution in [0.3, 0.4) is 0 Å². The number of amides is 1. The predicted molar refractivity (Wildman–Crippen MR) is 96.2 cm³/mol. The van der Waals surface area contributed by atoms with Gasteiger partial charge in [0, 0.05) is 48.6 Å².